The van der Waals surface area contributed by atoms with Gasteiger partial charge >= 0.3 is 219 Å². The fraction of sp³-hybridized carbons (Fsp3) is 0.950. The fourth-order valence-corrected chi connectivity index (χ4v) is 8.88. The van der Waals surface area contributed by atoms with Gasteiger partial charge in [0.05, 0.1) is 0 Å². The van der Waals surface area contributed by atoms with Crippen molar-refractivity contribution >= 4 is 26.2 Å². The van der Waals surface area contributed by atoms with Crippen LogP contribution in [0.2, 0.25) is 0 Å². The first-order valence-corrected chi connectivity index (χ1v) is 16.3. The van der Waals surface area contributed by atoms with Gasteiger partial charge in [-0.05, 0) is 0 Å². The van der Waals surface area contributed by atoms with E-state index in [9.17, 15) is 4.79 Å². The summed E-state index contributed by atoms with van der Waals surface area (Å²) in [5.41, 5.74) is 1.69. The van der Waals surface area contributed by atoms with E-state index in [1.165, 1.54) is 0 Å². The van der Waals surface area contributed by atoms with Gasteiger partial charge in [-0.15, -0.1) is 0 Å². The summed E-state index contributed by atoms with van der Waals surface area (Å²) in [6.45, 7) is 15.3. The SMILES string of the molecule is CCCC(C)(O[N+](N)(OC(N)=O)C(CC)(CC)C(CC)(CC)O[N+](N)(N)I(CC)CC)[N+](N)(N)N. The van der Waals surface area contributed by atoms with Gasteiger partial charge in [0.25, 0.3) is 0 Å². The molecule has 0 fully saturated rings. The molecule has 2 unspecified atom stereocenters. The minimum absolute atomic E-state index is 0.292. The molecular formula is C20H54IN10O4+3. The molecular weight excluding hydrogens is 571 g/mol. The second-order valence-electron chi connectivity index (χ2n) is 8.98. The first-order valence-electron chi connectivity index (χ1n) is 12.3. The van der Waals surface area contributed by atoms with Gasteiger partial charge in [0.15, 0.2) is 0 Å². The molecule has 0 heterocycles. The molecule has 0 aliphatic heterocycles. The van der Waals surface area contributed by atoms with Crippen molar-refractivity contribution in [1.82, 2.24) is 0 Å². The van der Waals surface area contributed by atoms with Crippen molar-refractivity contribution in [2.45, 2.75) is 111 Å². The molecule has 0 saturated carbocycles. The van der Waals surface area contributed by atoms with E-state index in [4.69, 9.17) is 55.3 Å². The first kappa shape index (κ1) is 34.6. The van der Waals surface area contributed by atoms with E-state index in [-0.39, 0.29) is 0 Å². The molecule has 0 aliphatic rings. The van der Waals surface area contributed by atoms with Crippen LogP contribution in [0.4, 0.5) is 4.79 Å². The Balaban J connectivity index is 7.25. The number of nitrogens with two attached hydrogens (primary N) is 7. The van der Waals surface area contributed by atoms with Gasteiger partial charge in [-0.1, -0.05) is 0 Å². The standard InChI is InChI=1S/C20H53IN10O4/c1-9-16-18(8,29(23,24)25)34-30(26,33-17(22)32)19(10-2,11-3)20(12-4,13-5)35-31(27,28)21(14-6)15-7/h9-16,23-28H2,1-8H3,(H-,22,32)/q+2/p+1. The second-order valence-corrected chi connectivity index (χ2v) is 16.0. The average molecular weight is 626 g/mol. The van der Waals surface area contributed by atoms with Crippen molar-refractivity contribution in [1.29, 1.82) is 0 Å². The van der Waals surface area contributed by atoms with Gasteiger partial charge in [-0.3, -0.25) is 0 Å². The van der Waals surface area contributed by atoms with E-state index < -0.39 is 55.9 Å². The molecule has 0 aromatic rings. The molecule has 14 nitrogen and oxygen atoms in total. The Morgan fingerprint density at radius 2 is 1.26 bits per heavy atom. The summed E-state index contributed by atoms with van der Waals surface area (Å²) in [6, 6.07) is 0. The number of quaternary nitrogens is 3. The number of halogens is 1. The van der Waals surface area contributed by atoms with Crippen molar-refractivity contribution in [3.05, 3.63) is 0 Å². The molecule has 212 valence electrons. The zero-order chi connectivity index (χ0) is 27.9. The number of rotatable bonds is 17. The molecule has 0 spiro atoms. The van der Waals surface area contributed by atoms with Crippen molar-refractivity contribution in [3.63, 3.8) is 0 Å². The summed E-state index contributed by atoms with van der Waals surface area (Å²) in [7, 11) is 0. The van der Waals surface area contributed by atoms with E-state index in [1.807, 2.05) is 34.6 Å². The molecule has 14 N–H and O–H groups in total. The molecule has 2 atom stereocenters. The predicted octanol–water partition coefficient (Wildman–Crippen LogP) is 1.65. The van der Waals surface area contributed by atoms with Crippen LogP contribution in [0, 0.1) is 0 Å². The monoisotopic (exact) mass is 625 g/mol. The van der Waals surface area contributed by atoms with E-state index in [0.29, 0.717) is 38.5 Å². The van der Waals surface area contributed by atoms with Crippen LogP contribution in [0.3, 0.4) is 0 Å². The second kappa shape index (κ2) is 12.9. The number of hydroxylamine groups is 2. The van der Waals surface area contributed by atoms with Gasteiger partial charge in [0, 0.05) is 0 Å². The maximum atomic E-state index is 12.2. The van der Waals surface area contributed by atoms with Crippen LogP contribution >= 0.6 is 20.1 Å². The van der Waals surface area contributed by atoms with Crippen LogP contribution in [0.25, 0.3) is 0 Å². The zero-order valence-electron chi connectivity index (χ0n) is 23.1. The summed E-state index contributed by atoms with van der Waals surface area (Å²) >= 11 is -2.00. The van der Waals surface area contributed by atoms with Gasteiger partial charge < -0.3 is 0 Å². The third-order valence-electron chi connectivity index (χ3n) is 7.15. The molecule has 0 bridgehead atoms. The van der Waals surface area contributed by atoms with E-state index in [0.717, 1.165) is 8.86 Å². The molecule has 0 saturated heterocycles. The van der Waals surface area contributed by atoms with Crippen LogP contribution in [-0.2, 0) is 14.5 Å². The Labute approximate surface area is 218 Å². The third-order valence-corrected chi connectivity index (χ3v) is 13.0. The predicted molar refractivity (Wildman–Crippen MR) is 144 cm³/mol. The molecule has 35 heavy (non-hydrogen) atoms. The zero-order valence-corrected chi connectivity index (χ0v) is 25.2. The van der Waals surface area contributed by atoms with Crippen LogP contribution in [0.1, 0.15) is 93.9 Å². The van der Waals surface area contributed by atoms with Crippen molar-refractivity contribution in [2.24, 2.45) is 40.8 Å². The Morgan fingerprint density at radius 1 is 0.800 bits per heavy atom. The van der Waals surface area contributed by atoms with Crippen molar-refractivity contribution < 1.29 is 32.1 Å². The number of alkyl halides is 2. The molecule has 15 heteroatoms. The van der Waals surface area contributed by atoms with E-state index in [1.54, 1.807) is 6.92 Å². The van der Waals surface area contributed by atoms with Gasteiger partial charge in [-0.25, -0.2) is 0 Å². The van der Waals surface area contributed by atoms with Gasteiger partial charge in [0.1, 0.15) is 0 Å². The van der Waals surface area contributed by atoms with Crippen LogP contribution in [0.5, 0.6) is 0 Å². The normalized spacial score (nSPS) is 17.5. The van der Waals surface area contributed by atoms with E-state index in [2.05, 4.69) is 13.8 Å². The number of carbonyl (C=O) groups excluding carboxylic acids is 1. The first-order chi connectivity index (χ1) is 15.9. The number of nitrogens with zero attached hydrogens (tertiary/aromatic N) is 3. The van der Waals surface area contributed by atoms with E-state index >= 15 is 0 Å². The van der Waals surface area contributed by atoms with Crippen molar-refractivity contribution in [2.75, 3.05) is 8.86 Å². The van der Waals surface area contributed by atoms with Crippen LogP contribution < -0.4 is 40.8 Å². The molecule has 0 rings (SSSR count). The van der Waals surface area contributed by atoms with Crippen LogP contribution in [0.15, 0.2) is 0 Å². The summed E-state index contributed by atoms with van der Waals surface area (Å²) in [6.07, 6.45) is 1.27. The Morgan fingerprint density at radius 3 is 1.54 bits per heavy atom. The third kappa shape index (κ3) is 6.91. The summed E-state index contributed by atoms with van der Waals surface area (Å²) < 4.78 is 1.12. The Kier molecular flexibility index (Phi) is 12.7. The average Bonchev–Trinajstić information content (AvgIpc) is 2.72. The quantitative estimate of drug-likeness (QED) is 0.0235. The number of hydrogen-bond donors (Lipinski definition) is 7. The molecule has 0 aromatic heterocycles. The number of amides is 1. The van der Waals surface area contributed by atoms with Gasteiger partial charge in [0.2, 0.25) is 0 Å². The number of hydrogen-bond acceptors (Lipinski definition) is 10. The number of primary amides is 1. The Bertz CT molecular complexity index is 669. The minimum atomic E-state index is -2.00. The molecule has 1 amide bonds. The topological polar surface area (TPSA) is 227 Å². The Hall–Kier alpha value is -0.440. The summed E-state index contributed by atoms with van der Waals surface area (Å²) in [5, 5.41) is 0. The van der Waals surface area contributed by atoms with Crippen molar-refractivity contribution in [3.8, 4) is 0 Å². The maximum absolute atomic E-state index is 12.2. The molecule has 0 radical (unpaired) electrons. The van der Waals surface area contributed by atoms with Crippen LogP contribution in [-0.4, -0.2) is 44.6 Å². The van der Waals surface area contributed by atoms with Gasteiger partial charge in [-0.2, -0.15) is 0 Å². The summed E-state index contributed by atoms with van der Waals surface area (Å²) in [5.74, 6) is 38.3. The fourth-order valence-electron chi connectivity index (χ4n) is 5.01. The summed E-state index contributed by atoms with van der Waals surface area (Å²) in [4.78, 5) is 28.5. The molecule has 0 aromatic carbocycles. The molecule has 0 aliphatic carbocycles. The number of carbonyl (C=O) groups is 1.